The van der Waals surface area contributed by atoms with E-state index < -0.39 is 0 Å². The van der Waals surface area contributed by atoms with E-state index in [4.69, 9.17) is 0 Å². The standard InChI is InChI=1S/C13H20N4S/c1-5-14-6-12-7-17(16-10(12)3)8-13-15-9(2)11(4)18-13/h7,14H,5-6,8H2,1-4H3. The number of hydrogen-bond acceptors (Lipinski definition) is 4. The summed E-state index contributed by atoms with van der Waals surface area (Å²) in [6.07, 6.45) is 2.12. The molecule has 0 aliphatic rings. The van der Waals surface area contributed by atoms with Gasteiger partial charge in [-0.3, -0.25) is 4.68 Å². The fourth-order valence-corrected chi connectivity index (χ4v) is 2.74. The molecule has 0 aliphatic carbocycles. The molecule has 4 nitrogen and oxygen atoms in total. The highest BCUT2D eigenvalue weighted by atomic mass is 32.1. The van der Waals surface area contributed by atoms with Gasteiger partial charge in [0.15, 0.2) is 0 Å². The number of aromatic nitrogens is 3. The highest BCUT2D eigenvalue weighted by Gasteiger charge is 2.08. The Morgan fingerprint density at radius 2 is 2.06 bits per heavy atom. The van der Waals surface area contributed by atoms with Crippen LogP contribution in [0.15, 0.2) is 6.20 Å². The second-order valence-corrected chi connectivity index (χ2v) is 5.75. The third kappa shape index (κ3) is 2.97. The maximum Gasteiger partial charge on any atom is 0.115 e. The summed E-state index contributed by atoms with van der Waals surface area (Å²) in [5.41, 5.74) is 3.49. The van der Waals surface area contributed by atoms with E-state index in [1.807, 2.05) is 4.68 Å². The molecular formula is C13H20N4S. The normalized spacial score (nSPS) is 11.1. The molecule has 0 aromatic carbocycles. The fraction of sp³-hybridized carbons (Fsp3) is 0.538. The molecule has 1 N–H and O–H groups in total. The minimum Gasteiger partial charge on any atom is -0.313 e. The molecule has 2 rings (SSSR count). The monoisotopic (exact) mass is 264 g/mol. The zero-order valence-electron chi connectivity index (χ0n) is 11.4. The largest absolute Gasteiger partial charge is 0.313 e. The maximum absolute atomic E-state index is 4.55. The van der Waals surface area contributed by atoms with Crippen LogP contribution in [0.1, 0.15) is 33.8 Å². The van der Waals surface area contributed by atoms with Gasteiger partial charge in [0.05, 0.1) is 17.9 Å². The van der Waals surface area contributed by atoms with Crippen molar-refractivity contribution in [3.63, 3.8) is 0 Å². The molecule has 0 fully saturated rings. The van der Waals surface area contributed by atoms with Crippen molar-refractivity contribution < 1.29 is 0 Å². The Hall–Kier alpha value is -1.20. The summed E-state index contributed by atoms with van der Waals surface area (Å²) in [5, 5.41) is 9.00. The van der Waals surface area contributed by atoms with E-state index >= 15 is 0 Å². The Morgan fingerprint density at radius 1 is 1.28 bits per heavy atom. The number of nitrogens with one attached hydrogen (secondary N) is 1. The summed E-state index contributed by atoms with van der Waals surface area (Å²) < 4.78 is 1.99. The molecule has 0 unspecified atom stereocenters. The van der Waals surface area contributed by atoms with Crippen molar-refractivity contribution >= 4 is 11.3 Å². The van der Waals surface area contributed by atoms with Crippen LogP contribution in [-0.4, -0.2) is 21.3 Å². The first-order chi connectivity index (χ1) is 8.60. The van der Waals surface area contributed by atoms with Crippen molar-refractivity contribution in [1.82, 2.24) is 20.1 Å². The van der Waals surface area contributed by atoms with Gasteiger partial charge in [-0.05, 0) is 27.3 Å². The Bertz CT molecular complexity index is 508. The van der Waals surface area contributed by atoms with Crippen LogP contribution in [0.2, 0.25) is 0 Å². The van der Waals surface area contributed by atoms with Gasteiger partial charge in [-0.2, -0.15) is 5.10 Å². The molecule has 0 saturated carbocycles. The first-order valence-electron chi connectivity index (χ1n) is 6.26. The van der Waals surface area contributed by atoms with E-state index in [1.54, 1.807) is 11.3 Å². The average molecular weight is 264 g/mol. The van der Waals surface area contributed by atoms with Gasteiger partial charge in [0.2, 0.25) is 0 Å². The van der Waals surface area contributed by atoms with Gasteiger partial charge in [-0.15, -0.1) is 11.3 Å². The lowest BCUT2D eigenvalue weighted by Gasteiger charge is -1.98. The van der Waals surface area contributed by atoms with E-state index in [0.29, 0.717) is 0 Å². The van der Waals surface area contributed by atoms with E-state index in [9.17, 15) is 0 Å². The fourth-order valence-electron chi connectivity index (χ4n) is 1.82. The van der Waals surface area contributed by atoms with Crippen LogP contribution in [0, 0.1) is 20.8 Å². The topological polar surface area (TPSA) is 42.7 Å². The summed E-state index contributed by atoms with van der Waals surface area (Å²) in [7, 11) is 0. The number of aryl methyl sites for hydroxylation is 3. The SMILES string of the molecule is CCNCc1cn(Cc2nc(C)c(C)s2)nc1C. The number of thiazole rings is 1. The van der Waals surface area contributed by atoms with E-state index in [2.05, 4.69) is 49.3 Å². The summed E-state index contributed by atoms with van der Waals surface area (Å²) in [6.45, 7) is 11.0. The lowest BCUT2D eigenvalue weighted by molar-refractivity contribution is 0.674. The lowest BCUT2D eigenvalue weighted by Crippen LogP contribution is -2.11. The molecule has 98 valence electrons. The van der Waals surface area contributed by atoms with Gasteiger partial charge in [-0.25, -0.2) is 4.98 Å². The molecule has 0 spiro atoms. The molecule has 2 heterocycles. The van der Waals surface area contributed by atoms with E-state index in [0.717, 1.165) is 36.0 Å². The third-order valence-electron chi connectivity index (χ3n) is 2.98. The quantitative estimate of drug-likeness (QED) is 0.902. The molecule has 0 bridgehead atoms. The molecule has 2 aromatic rings. The van der Waals surface area contributed by atoms with Gasteiger partial charge >= 0.3 is 0 Å². The molecule has 5 heteroatoms. The average Bonchev–Trinajstić information content (AvgIpc) is 2.81. The lowest BCUT2D eigenvalue weighted by atomic mass is 10.2. The first kappa shape index (κ1) is 13.2. The predicted octanol–water partition coefficient (Wildman–Crippen LogP) is 2.42. The molecule has 0 atom stereocenters. The van der Waals surface area contributed by atoms with E-state index in [1.165, 1.54) is 10.4 Å². The smallest absolute Gasteiger partial charge is 0.115 e. The first-order valence-corrected chi connectivity index (χ1v) is 7.08. The minimum absolute atomic E-state index is 0.770. The predicted molar refractivity (Wildman–Crippen MR) is 75.0 cm³/mol. The molecule has 18 heavy (non-hydrogen) atoms. The van der Waals surface area contributed by atoms with Crippen LogP contribution in [0.3, 0.4) is 0 Å². The number of rotatable bonds is 5. The zero-order chi connectivity index (χ0) is 13.1. The van der Waals surface area contributed by atoms with Gasteiger partial charge in [0.1, 0.15) is 5.01 Å². The van der Waals surface area contributed by atoms with Crippen LogP contribution in [0.5, 0.6) is 0 Å². The van der Waals surface area contributed by atoms with Gasteiger partial charge < -0.3 is 5.32 Å². The van der Waals surface area contributed by atoms with Gasteiger partial charge in [-0.1, -0.05) is 6.92 Å². The second kappa shape index (κ2) is 5.63. The Morgan fingerprint density at radius 3 is 2.67 bits per heavy atom. The second-order valence-electron chi connectivity index (χ2n) is 4.47. The number of hydrogen-bond donors (Lipinski definition) is 1. The highest BCUT2D eigenvalue weighted by Crippen LogP contribution is 2.17. The van der Waals surface area contributed by atoms with Crippen molar-refractivity contribution in [2.24, 2.45) is 0 Å². The molecule has 0 saturated heterocycles. The summed E-state index contributed by atoms with van der Waals surface area (Å²) in [5.74, 6) is 0. The minimum atomic E-state index is 0.770. The highest BCUT2D eigenvalue weighted by molar-refractivity contribution is 7.11. The van der Waals surface area contributed by atoms with Crippen LogP contribution < -0.4 is 5.32 Å². The van der Waals surface area contributed by atoms with Crippen molar-refractivity contribution in [2.45, 2.75) is 40.8 Å². The van der Waals surface area contributed by atoms with Gasteiger partial charge in [0.25, 0.3) is 0 Å². The Kier molecular flexibility index (Phi) is 4.14. The van der Waals surface area contributed by atoms with E-state index in [-0.39, 0.29) is 0 Å². The van der Waals surface area contributed by atoms with Crippen LogP contribution in [0.4, 0.5) is 0 Å². The Balaban J connectivity index is 2.09. The Labute approximate surface area is 112 Å². The van der Waals surface area contributed by atoms with Crippen LogP contribution in [0.25, 0.3) is 0 Å². The number of nitrogens with zero attached hydrogens (tertiary/aromatic N) is 3. The molecule has 0 amide bonds. The molecule has 0 aliphatic heterocycles. The molecular weight excluding hydrogens is 244 g/mol. The van der Waals surface area contributed by atoms with Crippen LogP contribution >= 0.6 is 11.3 Å². The zero-order valence-corrected chi connectivity index (χ0v) is 12.3. The van der Waals surface area contributed by atoms with Crippen molar-refractivity contribution in [3.05, 3.63) is 33.0 Å². The molecule has 2 aromatic heterocycles. The molecule has 0 radical (unpaired) electrons. The van der Waals surface area contributed by atoms with Crippen molar-refractivity contribution in [1.29, 1.82) is 0 Å². The van der Waals surface area contributed by atoms with Gasteiger partial charge in [0, 0.05) is 23.2 Å². The van der Waals surface area contributed by atoms with Crippen molar-refractivity contribution in [2.75, 3.05) is 6.54 Å². The summed E-state index contributed by atoms with van der Waals surface area (Å²) in [6, 6.07) is 0. The summed E-state index contributed by atoms with van der Waals surface area (Å²) in [4.78, 5) is 5.84. The maximum atomic E-state index is 4.55. The van der Waals surface area contributed by atoms with Crippen molar-refractivity contribution in [3.8, 4) is 0 Å². The van der Waals surface area contributed by atoms with Crippen LogP contribution in [-0.2, 0) is 13.1 Å². The summed E-state index contributed by atoms with van der Waals surface area (Å²) >= 11 is 1.75. The third-order valence-corrected chi connectivity index (χ3v) is 4.04.